The fraction of sp³-hybridized carbons (Fsp3) is 0.586. The van der Waals surface area contributed by atoms with Gasteiger partial charge in [0.25, 0.3) is 5.91 Å². The minimum absolute atomic E-state index is 0.000466. The Morgan fingerprint density at radius 3 is 2.56 bits per heavy atom. The molecule has 3 N–H and O–H groups in total. The van der Waals surface area contributed by atoms with Crippen molar-refractivity contribution in [2.45, 2.75) is 83.0 Å². The zero-order chi connectivity index (χ0) is 29.4. The fourth-order valence-corrected chi connectivity index (χ4v) is 5.61. The van der Waals surface area contributed by atoms with E-state index in [0.29, 0.717) is 43.1 Å². The third-order valence-corrected chi connectivity index (χ3v) is 7.73. The number of amides is 2. The molecule has 4 rings (SSSR count). The molecule has 0 bridgehead atoms. The molecule has 0 spiro atoms. The van der Waals surface area contributed by atoms with Gasteiger partial charge in [0.2, 0.25) is 11.9 Å². The number of aryl methyl sites for hydroxylation is 1. The highest BCUT2D eigenvalue weighted by atomic mass is 19.4. The summed E-state index contributed by atoms with van der Waals surface area (Å²) in [6, 6.07) is 4.88. The normalized spacial score (nSPS) is 19.8. The molecule has 2 heterocycles. The minimum atomic E-state index is -4.59. The van der Waals surface area contributed by atoms with Gasteiger partial charge in [-0.1, -0.05) is 12.8 Å². The Hall–Kier alpha value is -3.41. The molecule has 1 aliphatic heterocycles. The Balaban J connectivity index is 1.45. The van der Waals surface area contributed by atoms with Crippen LogP contribution in [0.3, 0.4) is 0 Å². The number of methoxy groups -OCH3 is 1. The molecular weight excluding hydrogens is 539 g/mol. The first-order chi connectivity index (χ1) is 19.6. The second kappa shape index (κ2) is 14.0. The average molecular weight is 578 g/mol. The zero-order valence-corrected chi connectivity index (χ0v) is 23.5. The number of hydrogen-bond donors (Lipinski definition) is 3. The SMILES string of the molecule is COc1cc(C(=O)NC2CCOCC2)ccc1Nc1ncc(C(F)(F)F)c(CCCC2CCCC[C@H]2NC(C)=O)n1. The van der Waals surface area contributed by atoms with Crippen molar-refractivity contribution in [2.24, 2.45) is 5.92 Å². The quantitative estimate of drug-likeness (QED) is 0.357. The number of carbonyl (C=O) groups is 2. The summed E-state index contributed by atoms with van der Waals surface area (Å²) in [5.74, 6) is 0.230. The van der Waals surface area contributed by atoms with Gasteiger partial charge in [-0.2, -0.15) is 13.2 Å². The number of nitrogens with zero attached hydrogens (tertiary/aromatic N) is 2. The number of alkyl halides is 3. The lowest BCUT2D eigenvalue weighted by atomic mass is 9.81. The molecule has 41 heavy (non-hydrogen) atoms. The highest BCUT2D eigenvalue weighted by molar-refractivity contribution is 5.95. The van der Waals surface area contributed by atoms with Crippen LogP contribution in [0.25, 0.3) is 0 Å². The molecule has 9 nitrogen and oxygen atoms in total. The molecule has 2 atom stereocenters. The molecular formula is C29H38F3N5O4. The summed E-state index contributed by atoms with van der Waals surface area (Å²) >= 11 is 0. The lowest BCUT2D eigenvalue weighted by Gasteiger charge is -2.32. The third kappa shape index (κ3) is 8.54. The maximum Gasteiger partial charge on any atom is 0.419 e. The largest absolute Gasteiger partial charge is 0.495 e. The number of carbonyl (C=O) groups excluding carboxylic acids is 2. The van der Waals surface area contributed by atoms with Gasteiger partial charge in [-0.05, 0) is 69.1 Å². The second-order valence-electron chi connectivity index (χ2n) is 10.7. The maximum atomic E-state index is 13.8. The van der Waals surface area contributed by atoms with Crippen LogP contribution >= 0.6 is 0 Å². The molecule has 1 aromatic carbocycles. The summed E-state index contributed by atoms with van der Waals surface area (Å²) in [6.07, 6.45) is 2.92. The summed E-state index contributed by atoms with van der Waals surface area (Å²) in [4.78, 5) is 32.5. The minimum Gasteiger partial charge on any atom is -0.495 e. The topological polar surface area (TPSA) is 114 Å². The van der Waals surface area contributed by atoms with Crippen molar-refractivity contribution >= 4 is 23.5 Å². The van der Waals surface area contributed by atoms with E-state index in [4.69, 9.17) is 9.47 Å². The molecule has 2 aliphatic rings. The molecule has 1 aromatic heterocycles. The first kappa shape index (κ1) is 30.5. The van der Waals surface area contributed by atoms with Gasteiger partial charge in [0.05, 0.1) is 24.1 Å². The maximum absolute atomic E-state index is 13.8. The summed E-state index contributed by atoms with van der Waals surface area (Å²) in [5, 5.41) is 8.94. The van der Waals surface area contributed by atoms with E-state index in [2.05, 4.69) is 25.9 Å². The molecule has 2 amide bonds. The lowest BCUT2D eigenvalue weighted by Crippen LogP contribution is -2.41. The monoisotopic (exact) mass is 577 g/mol. The van der Waals surface area contributed by atoms with Crippen molar-refractivity contribution in [3.05, 3.63) is 41.2 Å². The summed E-state index contributed by atoms with van der Waals surface area (Å²) in [5.41, 5.74) is -0.139. The Morgan fingerprint density at radius 2 is 1.85 bits per heavy atom. The van der Waals surface area contributed by atoms with Crippen molar-refractivity contribution in [1.29, 1.82) is 0 Å². The predicted molar refractivity (Wildman–Crippen MR) is 147 cm³/mol. The van der Waals surface area contributed by atoms with Crippen molar-refractivity contribution < 1.29 is 32.2 Å². The second-order valence-corrected chi connectivity index (χ2v) is 10.7. The molecule has 1 unspecified atom stereocenters. The van der Waals surface area contributed by atoms with Crippen LogP contribution in [0.2, 0.25) is 0 Å². The molecule has 1 saturated carbocycles. The van der Waals surface area contributed by atoms with Crippen LogP contribution in [-0.2, 0) is 22.1 Å². The summed E-state index contributed by atoms with van der Waals surface area (Å²) in [7, 11) is 1.44. The van der Waals surface area contributed by atoms with E-state index in [1.54, 1.807) is 18.2 Å². The van der Waals surface area contributed by atoms with Crippen LogP contribution in [0.1, 0.15) is 79.9 Å². The van der Waals surface area contributed by atoms with Gasteiger partial charge in [-0.25, -0.2) is 9.97 Å². The number of nitrogens with one attached hydrogen (secondary N) is 3. The Kier molecular flexibility index (Phi) is 10.4. The van der Waals surface area contributed by atoms with Crippen LogP contribution in [0.5, 0.6) is 5.75 Å². The van der Waals surface area contributed by atoms with E-state index < -0.39 is 11.7 Å². The number of aromatic nitrogens is 2. The highest BCUT2D eigenvalue weighted by Gasteiger charge is 2.35. The molecule has 2 fully saturated rings. The molecule has 1 aliphatic carbocycles. The predicted octanol–water partition coefficient (Wildman–Crippen LogP) is 5.17. The number of ether oxygens (including phenoxy) is 2. The van der Waals surface area contributed by atoms with Gasteiger partial charge >= 0.3 is 6.18 Å². The van der Waals surface area contributed by atoms with Crippen molar-refractivity contribution in [2.75, 3.05) is 25.6 Å². The van der Waals surface area contributed by atoms with Gasteiger partial charge < -0.3 is 25.4 Å². The zero-order valence-electron chi connectivity index (χ0n) is 23.5. The van der Waals surface area contributed by atoms with Crippen molar-refractivity contribution in [1.82, 2.24) is 20.6 Å². The van der Waals surface area contributed by atoms with Crippen LogP contribution in [-0.4, -0.2) is 54.2 Å². The van der Waals surface area contributed by atoms with E-state index in [0.717, 1.165) is 44.7 Å². The standard InChI is InChI=1S/C29H38F3N5O4/c1-18(38)34-23-8-4-3-6-19(23)7-5-9-24-22(29(30,31)32)17-33-28(36-24)37-25-11-10-20(16-26(25)40-2)27(39)35-21-12-14-41-15-13-21/h10-11,16-17,19,21,23H,3-9,12-15H2,1-2H3,(H,34,38)(H,35,39)(H,33,36,37)/t19?,23-/m1/s1. The number of hydrogen-bond acceptors (Lipinski definition) is 7. The Morgan fingerprint density at radius 1 is 1.10 bits per heavy atom. The van der Waals surface area contributed by atoms with E-state index in [1.807, 2.05) is 0 Å². The van der Waals surface area contributed by atoms with Crippen molar-refractivity contribution in [3.8, 4) is 5.75 Å². The van der Waals surface area contributed by atoms with Gasteiger partial charge in [-0.15, -0.1) is 0 Å². The van der Waals surface area contributed by atoms with Crippen LogP contribution in [0, 0.1) is 5.92 Å². The molecule has 224 valence electrons. The van der Waals surface area contributed by atoms with Crippen LogP contribution < -0.4 is 20.7 Å². The van der Waals surface area contributed by atoms with E-state index in [9.17, 15) is 22.8 Å². The van der Waals surface area contributed by atoms with Crippen LogP contribution in [0.15, 0.2) is 24.4 Å². The smallest absolute Gasteiger partial charge is 0.419 e. The number of rotatable bonds is 10. The first-order valence-electron chi connectivity index (χ1n) is 14.2. The van der Waals surface area contributed by atoms with Gasteiger partial charge in [0.1, 0.15) is 5.75 Å². The first-order valence-corrected chi connectivity index (χ1v) is 14.2. The van der Waals surface area contributed by atoms with Crippen LogP contribution in [0.4, 0.5) is 24.8 Å². The van der Waals surface area contributed by atoms with Gasteiger partial charge in [-0.3, -0.25) is 9.59 Å². The van der Waals surface area contributed by atoms with E-state index in [-0.39, 0.29) is 47.9 Å². The number of benzene rings is 1. The highest BCUT2D eigenvalue weighted by Crippen LogP contribution is 2.34. The number of anilines is 2. The molecule has 1 saturated heterocycles. The summed E-state index contributed by atoms with van der Waals surface area (Å²) < 4.78 is 52.1. The van der Waals surface area contributed by atoms with E-state index in [1.165, 1.54) is 14.0 Å². The fourth-order valence-electron chi connectivity index (χ4n) is 5.61. The average Bonchev–Trinajstić information content (AvgIpc) is 2.94. The molecule has 12 heteroatoms. The van der Waals surface area contributed by atoms with Gasteiger partial charge in [0.15, 0.2) is 0 Å². The molecule has 2 aromatic rings. The molecule has 0 radical (unpaired) electrons. The van der Waals surface area contributed by atoms with E-state index >= 15 is 0 Å². The summed E-state index contributed by atoms with van der Waals surface area (Å²) in [6.45, 7) is 2.69. The van der Waals surface area contributed by atoms with Crippen molar-refractivity contribution in [3.63, 3.8) is 0 Å². The Bertz CT molecular complexity index is 1200. The van der Waals surface area contributed by atoms with Gasteiger partial charge in [0, 0.05) is 44.0 Å². The number of halogens is 3. The lowest BCUT2D eigenvalue weighted by molar-refractivity contribution is -0.138. The third-order valence-electron chi connectivity index (χ3n) is 7.73. The Labute approximate surface area is 238 Å².